The summed E-state index contributed by atoms with van der Waals surface area (Å²) in [6.45, 7) is 6.29. The summed E-state index contributed by atoms with van der Waals surface area (Å²) in [5, 5.41) is 9.75. The van der Waals surface area contributed by atoms with Crippen LogP contribution in [0.5, 0.6) is 0 Å². The first-order chi connectivity index (χ1) is 6.49. The SMILES string of the molecule is CC[C@@H]1[C@H](O)C(=O)N2[C@@H]1COC2(C)C. The molecule has 0 aliphatic carbocycles. The van der Waals surface area contributed by atoms with Crippen molar-refractivity contribution >= 4 is 5.91 Å². The number of carbonyl (C=O) groups excluding carboxylic acids is 1. The molecule has 2 rings (SSSR count). The predicted molar refractivity (Wildman–Crippen MR) is 50.5 cm³/mol. The van der Waals surface area contributed by atoms with E-state index in [-0.39, 0.29) is 17.9 Å². The molecule has 4 heteroatoms. The van der Waals surface area contributed by atoms with Crippen LogP contribution in [0.3, 0.4) is 0 Å². The summed E-state index contributed by atoms with van der Waals surface area (Å²) in [5.41, 5.74) is -0.549. The lowest BCUT2D eigenvalue weighted by molar-refractivity contribution is -0.148. The summed E-state index contributed by atoms with van der Waals surface area (Å²) in [6, 6.07) is 0.0671. The van der Waals surface area contributed by atoms with Crippen molar-refractivity contribution in [2.75, 3.05) is 6.61 Å². The number of ether oxygens (including phenoxy) is 1. The van der Waals surface area contributed by atoms with E-state index in [0.29, 0.717) is 6.61 Å². The highest BCUT2D eigenvalue weighted by Gasteiger charge is 2.55. The predicted octanol–water partition coefficient (Wildman–Crippen LogP) is 0.351. The van der Waals surface area contributed by atoms with Crippen molar-refractivity contribution in [3.63, 3.8) is 0 Å². The van der Waals surface area contributed by atoms with E-state index >= 15 is 0 Å². The van der Waals surface area contributed by atoms with Crippen LogP contribution >= 0.6 is 0 Å². The van der Waals surface area contributed by atoms with Crippen molar-refractivity contribution in [1.29, 1.82) is 0 Å². The second-order valence-corrected chi connectivity index (χ2v) is 4.55. The monoisotopic (exact) mass is 199 g/mol. The van der Waals surface area contributed by atoms with Gasteiger partial charge in [-0.3, -0.25) is 4.79 Å². The Labute approximate surface area is 83.8 Å². The first-order valence-electron chi connectivity index (χ1n) is 5.14. The molecule has 2 fully saturated rings. The quantitative estimate of drug-likeness (QED) is 0.663. The normalized spacial score (nSPS) is 40.4. The molecule has 0 aromatic heterocycles. The molecule has 2 saturated heterocycles. The summed E-state index contributed by atoms with van der Waals surface area (Å²) in [7, 11) is 0. The zero-order valence-corrected chi connectivity index (χ0v) is 8.86. The minimum atomic E-state index is -0.826. The summed E-state index contributed by atoms with van der Waals surface area (Å²) in [4.78, 5) is 13.5. The Kier molecular flexibility index (Phi) is 2.08. The van der Waals surface area contributed by atoms with Gasteiger partial charge in [-0.1, -0.05) is 6.92 Å². The second kappa shape index (κ2) is 2.94. The number of amides is 1. The van der Waals surface area contributed by atoms with Crippen LogP contribution in [0, 0.1) is 5.92 Å². The molecule has 80 valence electrons. The molecular weight excluding hydrogens is 182 g/mol. The number of hydrogen-bond donors (Lipinski definition) is 1. The van der Waals surface area contributed by atoms with E-state index in [1.807, 2.05) is 20.8 Å². The molecule has 0 aromatic rings. The van der Waals surface area contributed by atoms with E-state index in [9.17, 15) is 9.90 Å². The van der Waals surface area contributed by atoms with E-state index in [1.54, 1.807) is 4.90 Å². The fourth-order valence-electron chi connectivity index (χ4n) is 2.61. The molecule has 0 bridgehead atoms. The Morgan fingerprint density at radius 1 is 1.64 bits per heavy atom. The largest absolute Gasteiger partial charge is 0.383 e. The lowest BCUT2D eigenvalue weighted by Gasteiger charge is -2.29. The summed E-state index contributed by atoms with van der Waals surface area (Å²) >= 11 is 0. The van der Waals surface area contributed by atoms with Crippen molar-refractivity contribution in [3.8, 4) is 0 Å². The Balaban J connectivity index is 2.30. The average Bonchev–Trinajstić information content (AvgIpc) is 2.53. The number of carbonyl (C=O) groups is 1. The lowest BCUT2D eigenvalue weighted by Crippen LogP contribution is -2.45. The maximum absolute atomic E-state index is 11.8. The van der Waals surface area contributed by atoms with Crippen LogP contribution in [0.25, 0.3) is 0 Å². The van der Waals surface area contributed by atoms with E-state index in [1.165, 1.54) is 0 Å². The molecule has 1 amide bonds. The first kappa shape index (κ1) is 9.93. The second-order valence-electron chi connectivity index (χ2n) is 4.55. The molecule has 0 spiro atoms. The van der Waals surface area contributed by atoms with Crippen LogP contribution in [0.2, 0.25) is 0 Å². The molecule has 2 heterocycles. The smallest absolute Gasteiger partial charge is 0.254 e. The van der Waals surface area contributed by atoms with Gasteiger partial charge in [0.25, 0.3) is 5.91 Å². The third kappa shape index (κ3) is 1.10. The Bertz CT molecular complexity index is 264. The lowest BCUT2D eigenvalue weighted by atomic mass is 9.96. The molecule has 0 radical (unpaired) electrons. The van der Waals surface area contributed by atoms with Crippen LogP contribution in [-0.4, -0.2) is 40.4 Å². The van der Waals surface area contributed by atoms with Crippen LogP contribution in [0.15, 0.2) is 0 Å². The number of aliphatic hydroxyl groups excluding tert-OH is 1. The van der Waals surface area contributed by atoms with Crippen LogP contribution in [0.1, 0.15) is 27.2 Å². The third-order valence-corrected chi connectivity index (χ3v) is 3.38. The molecule has 0 saturated carbocycles. The molecule has 0 unspecified atom stereocenters. The van der Waals surface area contributed by atoms with Gasteiger partial charge in [-0.25, -0.2) is 0 Å². The Morgan fingerprint density at radius 3 is 2.86 bits per heavy atom. The maximum atomic E-state index is 11.8. The minimum absolute atomic E-state index is 0.0317. The fraction of sp³-hybridized carbons (Fsp3) is 0.900. The molecular formula is C10H17NO3. The zero-order valence-electron chi connectivity index (χ0n) is 8.86. The summed E-state index contributed by atoms with van der Waals surface area (Å²) < 4.78 is 5.55. The standard InChI is InChI=1S/C10H17NO3/c1-4-6-7-5-14-10(2,3)11(7)9(13)8(6)12/h6-8,12H,4-5H2,1-3H3/t6-,7+,8-/m0/s1. The highest BCUT2D eigenvalue weighted by molar-refractivity contribution is 5.84. The van der Waals surface area contributed by atoms with E-state index < -0.39 is 11.8 Å². The zero-order chi connectivity index (χ0) is 10.5. The van der Waals surface area contributed by atoms with E-state index in [2.05, 4.69) is 0 Å². The summed E-state index contributed by atoms with van der Waals surface area (Å²) in [5.74, 6) is -0.145. The van der Waals surface area contributed by atoms with Crippen LogP contribution < -0.4 is 0 Å². The van der Waals surface area contributed by atoms with Crippen molar-refractivity contribution < 1.29 is 14.6 Å². The molecule has 0 aromatic carbocycles. The number of aliphatic hydroxyl groups is 1. The Morgan fingerprint density at radius 2 is 2.29 bits per heavy atom. The van der Waals surface area contributed by atoms with Crippen molar-refractivity contribution in [2.24, 2.45) is 5.92 Å². The molecule has 4 nitrogen and oxygen atoms in total. The van der Waals surface area contributed by atoms with Gasteiger partial charge in [-0.05, 0) is 20.3 Å². The summed E-state index contributed by atoms with van der Waals surface area (Å²) in [6.07, 6.45) is -0.0128. The van der Waals surface area contributed by atoms with E-state index in [0.717, 1.165) is 6.42 Å². The van der Waals surface area contributed by atoms with Crippen molar-refractivity contribution in [1.82, 2.24) is 4.90 Å². The average molecular weight is 199 g/mol. The van der Waals surface area contributed by atoms with Gasteiger partial charge in [-0.2, -0.15) is 0 Å². The van der Waals surface area contributed by atoms with E-state index in [4.69, 9.17) is 4.74 Å². The topological polar surface area (TPSA) is 49.8 Å². The molecule has 1 N–H and O–H groups in total. The van der Waals surface area contributed by atoms with Gasteiger partial charge < -0.3 is 14.7 Å². The van der Waals surface area contributed by atoms with Crippen molar-refractivity contribution in [3.05, 3.63) is 0 Å². The number of nitrogens with zero attached hydrogens (tertiary/aromatic N) is 1. The fourth-order valence-corrected chi connectivity index (χ4v) is 2.61. The Hall–Kier alpha value is -0.610. The number of hydrogen-bond acceptors (Lipinski definition) is 3. The van der Waals surface area contributed by atoms with Crippen LogP contribution in [-0.2, 0) is 9.53 Å². The van der Waals surface area contributed by atoms with Crippen LogP contribution in [0.4, 0.5) is 0 Å². The molecule has 2 aliphatic rings. The highest BCUT2D eigenvalue weighted by atomic mass is 16.5. The third-order valence-electron chi connectivity index (χ3n) is 3.38. The van der Waals surface area contributed by atoms with Gasteiger partial charge in [0.05, 0.1) is 12.6 Å². The van der Waals surface area contributed by atoms with Gasteiger partial charge >= 0.3 is 0 Å². The van der Waals surface area contributed by atoms with Gasteiger partial charge in [0, 0.05) is 5.92 Å². The molecule has 14 heavy (non-hydrogen) atoms. The van der Waals surface area contributed by atoms with Gasteiger partial charge in [0.2, 0.25) is 0 Å². The maximum Gasteiger partial charge on any atom is 0.254 e. The van der Waals surface area contributed by atoms with Crippen molar-refractivity contribution in [2.45, 2.75) is 45.1 Å². The molecule has 2 aliphatic heterocycles. The number of rotatable bonds is 1. The van der Waals surface area contributed by atoms with Gasteiger partial charge in [-0.15, -0.1) is 0 Å². The van der Waals surface area contributed by atoms with Gasteiger partial charge in [0.15, 0.2) is 0 Å². The highest BCUT2D eigenvalue weighted by Crippen LogP contribution is 2.39. The first-order valence-corrected chi connectivity index (χ1v) is 5.14. The van der Waals surface area contributed by atoms with Gasteiger partial charge in [0.1, 0.15) is 11.8 Å². The molecule has 3 atom stereocenters. The minimum Gasteiger partial charge on any atom is -0.383 e. The number of fused-ring (bicyclic) bond motifs is 1.